The Kier molecular flexibility index (Phi) is 35.4. The van der Waals surface area contributed by atoms with E-state index in [2.05, 4.69) is 21.3 Å². The molecular weight excluding hydrogens is 1190 g/mol. The molecule has 0 radical (unpaired) electrons. The normalized spacial score (nSPS) is 26.0. The van der Waals surface area contributed by atoms with Gasteiger partial charge in [-0.1, -0.05) is 95.2 Å². The van der Waals surface area contributed by atoms with Gasteiger partial charge in [0.1, 0.15) is 60.4 Å². The Bertz CT molecular complexity index is 2530. The number of unbranched alkanes of at least 4 members (excludes halogenated alkanes) is 1. The molecule has 1 aliphatic rings. The van der Waals surface area contributed by atoms with Gasteiger partial charge >= 0.3 is 5.97 Å². The topological polar surface area (TPSA) is 314 Å². The number of allylic oxidation sites excluding steroid dienone is 2. The van der Waals surface area contributed by atoms with Gasteiger partial charge in [0.05, 0.1) is 25.4 Å². The number of carbonyl (C=O) groups excluding carboxylic acids is 12. The molecule has 1 saturated heterocycles. The summed E-state index contributed by atoms with van der Waals surface area (Å²) in [6.07, 6.45) is 2.42. The van der Waals surface area contributed by atoms with Crippen molar-refractivity contribution >= 4 is 70.9 Å². The minimum absolute atomic E-state index is 0.0238. The lowest BCUT2D eigenvalue weighted by Gasteiger charge is -2.41. The number of rotatable bonds is 20. The lowest BCUT2D eigenvalue weighted by molar-refractivity contribution is -0.157. The van der Waals surface area contributed by atoms with Gasteiger partial charge in [-0.2, -0.15) is 0 Å². The van der Waals surface area contributed by atoms with Crippen LogP contribution in [0.4, 0.5) is 0 Å². The Balaban J connectivity index is 4.38. The molecule has 0 aliphatic carbocycles. The van der Waals surface area contributed by atoms with Crippen molar-refractivity contribution in [3.8, 4) is 0 Å². The third-order valence-electron chi connectivity index (χ3n) is 17.0. The highest BCUT2D eigenvalue weighted by Gasteiger charge is 2.46. The molecule has 26 nitrogen and oxygen atoms in total. The van der Waals surface area contributed by atoms with E-state index < -0.39 is 168 Å². The predicted octanol–water partition coefficient (Wildman–Crippen LogP) is 2.97. The van der Waals surface area contributed by atoms with E-state index in [9.17, 15) is 48.3 Å². The molecule has 1 aliphatic heterocycles. The molecule has 1 rings (SSSR count). The van der Waals surface area contributed by atoms with Crippen molar-refractivity contribution in [2.45, 2.75) is 235 Å². The molecule has 92 heavy (non-hydrogen) atoms. The molecule has 0 saturated carbocycles. The summed E-state index contributed by atoms with van der Waals surface area (Å²) in [5, 5.41) is 23.1. The van der Waals surface area contributed by atoms with Crippen LogP contribution in [0.3, 0.4) is 0 Å². The fourth-order valence-corrected chi connectivity index (χ4v) is 11.2. The zero-order chi connectivity index (χ0) is 71.1. The Hall–Kier alpha value is -6.70. The molecule has 1 fully saturated rings. The average Bonchev–Trinajstić information content (AvgIpc) is 0.831. The summed E-state index contributed by atoms with van der Waals surface area (Å²) >= 11 is 0. The highest BCUT2D eigenvalue weighted by Crippen LogP contribution is 2.26. The van der Waals surface area contributed by atoms with Gasteiger partial charge in [0.15, 0.2) is 0 Å². The molecule has 0 spiro atoms. The maximum atomic E-state index is 15.2. The second-order valence-electron chi connectivity index (χ2n) is 27.0. The number of likely N-dealkylation sites (N-methyl/N-ethyl adjacent to an activating group) is 7. The lowest BCUT2D eigenvalue weighted by atomic mass is 9.91. The maximum absolute atomic E-state index is 15.2. The van der Waals surface area contributed by atoms with Crippen molar-refractivity contribution in [3.63, 3.8) is 0 Å². The van der Waals surface area contributed by atoms with Crippen LogP contribution in [0.2, 0.25) is 0 Å². The molecule has 5 N–H and O–H groups in total. The molecule has 0 aromatic carbocycles. The van der Waals surface area contributed by atoms with Crippen LogP contribution >= 0.6 is 0 Å². The number of amides is 11. The number of aliphatic hydroxyl groups is 1. The minimum atomic E-state index is -1.65. The molecule has 526 valence electrons. The van der Waals surface area contributed by atoms with E-state index in [-0.39, 0.29) is 63.1 Å². The van der Waals surface area contributed by atoms with Crippen LogP contribution in [-0.2, 0) is 67.0 Å². The Labute approximate surface area is 548 Å². The largest absolute Gasteiger partial charge is 0.466 e. The number of nitrogens with one attached hydrogen (secondary N) is 4. The first-order valence-electron chi connectivity index (χ1n) is 32.7. The molecule has 26 heteroatoms. The van der Waals surface area contributed by atoms with Crippen LogP contribution in [0.15, 0.2) is 12.2 Å². The number of hydrogen-bond acceptors (Lipinski definition) is 15. The van der Waals surface area contributed by atoms with Crippen molar-refractivity contribution in [1.82, 2.24) is 55.6 Å². The van der Waals surface area contributed by atoms with Crippen LogP contribution in [0.1, 0.15) is 163 Å². The fraction of sp³-hybridized carbons (Fsp3) is 0.788. The molecular formula is C66H117N11O15. The molecule has 1 heterocycles. The monoisotopic (exact) mass is 1300 g/mol. The van der Waals surface area contributed by atoms with Crippen molar-refractivity contribution in [3.05, 3.63) is 12.2 Å². The summed E-state index contributed by atoms with van der Waals surface area (Å²) in [6, 6.07) is -13.1. The zero-order valence-electron chi connectivity index (χ0n) is 59.9. The molecule has 0 aromatic heterocycles. The van der Waals surface area contributed by atoms with Gasteiger partial charge in [-0.05, 0) is 108 Å². The van der Waals surface area contributed by atoms with Crippen LogP contribution in [-0.4, -0.2) is 252 Å². The van der Waals surface area contributed by atoms with Gasteiger partial charge in [-0.3, -0.25) is 57.5 Å². The lowest BCUT2D eigenvalue weighted by Crippen LogP contribution is -2.63. The number of hydrogen-bond donors (Lipinski definition) is 5. The SMILES string of the molecule is CC=CC[C@@H](C)[C@@H](O)[C@H]1C(=O)N[C@@H](CC)C(=O)N(C)CC(=O)N(C)[C@@H]([C@@H](C)OCCCCOC(C)=O)C(=O)N[C@@H](C(C)C)C(=O)N(C)[C@@H](CC(C)C)C(=O)N[C@@H](C)C(=O)N[C@H](C)C(=O)N(C)[C@@H](CC(C)C)C(=O)N(C)[C@@H](CC(C)C)C(=O)N(C)[C@@H](C(C)C)C(=O)N1C. The Morgan fingerprint density at radius 1 is 0.533 bits per heavy atom. The first kappa shape index (κ1) is 83.3. The summed E-state index contributed by atoms with van der Waals surface area (Å²) in [6.45, 7) is 28.2. The zero-order valence-corrected chi connectivity index (χ0v) is 59.9. The van der Waals surface area contributed by atoms with Crippen LogP contribution in [0.5, 0.6) is 0 Å². The van der Waals surface area contributed by atoms with Crippen molar-refractivity contribution in [1.29, 1.82) is 0 Å². The molecule has 0 bridgehead atoms. The average molecular weight is 1300 g/mol. The van der Waals surface area contributed by atoms with Gasteiger partial charge < -0.3 is 70.1 Å². The van der Waals surface area contributed by atoms with Gasteiger partial charge in [0.2, 0.25) is 65.0 Å². The summed E-state index contributed by atoms with van der Waals surface area (Å²) in [7, 11) is 9.70. The Morgan fingerprint density at radius 3 is 1.49 bits per heavy atom. The van der Waals surface area contributed by atoms with E-state index in [1.54, 1.807) is 67.5 Å². The molecule has 0 aromatic rings. The summed E-state index contributed by atoms with van der Waals surface area (Å²) in [5.74, 6) is -10.8. The van der Waals surface area contributed by atoms with Gasteiger partial charge in [0, 0.05) is 62.9 Å². The van der Waals surface area contributed by atoms with Crippen molar-refractivity contribution < 1.29 is 72.1 Å². The van der Waals surface area contributed by atoms with E-state index in [0.717, 1.165) is 14.7 Å². The summed E-state index contributed by atoms with van der Waals surface area (Å²) in [4.78, 5) is 181. The van der Waals surface area contributed by atoms with Crippen molar-refractivity contribution in [2.75, 3.05) is 69.1 Å². The van der Waals surface area contributed by atoms with E-state index in [1.165, 1.54) is 89.7 Å². The smallest absolute Gasteiger partial charge is 0.302 e. The van der Waals surface area contributed by atoms with Crippen LogP contribution < -0.4 is 21.3 Å². The van der Waals surface area contributed by atoms with Crippen LogP contribution in [0.25, 0.3) is 0 Å². The Morgan fingerprint density at radius 2 is 1.00 bits per heavy atom. The first-order chi connectivity index (χ1) is 42.6. The third kappa shape index (κ3) is 24.3. The number of carbonyl (C=O) groups is 12. The fourth-order valence-electron chi connectivity index (χ4n) is 11.2. The number of aliphatic hydroxyl groups excluding tert-OH is 1. The quantitative estimate of drug-likeness (QED) is 0.0665. The van der Waals surface area contributed by atoms with E-state index in [1.807, 2.05) is 41.5 Å². The third-order valence-corrected chi connectivity index (χ3v) is 17.0. The highest BCUT2D eigenvalue weighted by molar-refractivity contribution is 5.99. The number of nitrogens with zero attached hydrogens (tertiary/aromatic N) is 7. The summed E-state index contributed by atoms with van der Waals surface area (Å²) in [5.41, 5.74) is 0. The van der Waals surface area contributed by atoms with Gasteiger partial charge in [0.25, 0.3) is 0 Å². The number of esters is 1. The minimum Gasteiger partial charge on any atom is -0.466 e. The second kappa shape index (κ2) is 39.1. The molecule has 0 unspecified atom stereocenters. The maximum Gasteiger partial charge on any atom is 0.302 e. The first-order valence-corrected chi connectivity index (χ1v) is 32.7. The second-order valence-corrected chi connectivity index (χ2v) is 27.0. The molecule has 11 amide bonds. The van der Waals surface area contributed by atoms with E-state index in [4.69, 9.17) is 9.47 Å². The number of ether oxygens (including phenoxy) is 2. The molecule has 13 atom stereocenters. The van der Waals surface area contributed by atoms with Crippen LogP contribution in [0, 0.1) is 35.5 Å². The van der Waals surface area contributed by atoms with Crippen molar-refractivity contribution in [2.24, 2.45) is 35.5 Å². The summed E-state index contributed by atoms with van der Waals surface area (Å²) < 4.78 is 11.2. The van der Waals surface area contributed by atoms with E-state index in [0.29, 0.717) is 12.8 Å². The van der Waals surface area contributed by atoms with Gasteiger partial charge in [-0.15, -0.1) is 0 Å². The van der Waals surface area contributed by atoms with E-state index >= 15 is 14.4 Å². The van der Waals surface area contributed by atoms with Gasteiger partial charge in [-0.25, -0.2) is 0 Å². The standard InChI is InChI=1S/C66H117N11O15/c1-25-27-30-42(13)56(80)55-60(84)69-47(26-2)62(86)71(18)36-51(79)75(22)54(45(16)91-31-28-29-32-92-46(17)78)59(83)70-52(40(9)10)65(89)72(19)48(33-37(3)4)58(82)67-43(14)57(81)68-44(15)61(85)73(20)49(34-38(5)6)63(87)74(21)50(35-39(7)8)64(88)76(23)53(41(11)12)66(90)77(55)24/h25,27,37-45,47-50,52-56,80H,26,28-36H2,1-24H3,(H,67,82)(H,68,81)(H,69,84)(H,70,83)/t42-,43+,44-,45-,47+,48+,49+,50+,52+,53+,54+,55+,56-/m1/s1. The highest BCUT2D eigenvalue weighted by atomic mass is 16.5. The predicted molar refractivity (Wildman–Crippen MR) is 350 cm³/mol.